The smallest absolute Gasteiger partial charge is 0.244 e. The average molecular weight is 558 g/mol. The van der Waals surface area contributed by atoms with Crippen molar-refractivity contribution in [3.05, 3.63) is 53.1 Å². The maximum Gasteiger partial charge on any atom is 0.244 e. The Morgan fingerprint density at radius 3 is 2.16 bits per heavy atom. The van der Waals surface area contributed by atoms with Crippen molar-refractivity contribution in [3.63, 3.8) is 0 Å². The lowest BCUT2D eigenvalue weighted by molar-refractivity contribution is -0.139. The standard InChI is InChI=1S/C25H30ClF2N3O5S/c1-3-5-16(6-4-2)25(33)30-11-12-31(22(15-30)24(29)32)37(34,35)19-13-20(27)23(21(28)14-19)36-18-9-7-17(26)8-10-18/h7-10,13-14,16,22H,3-6,11-12,15H2,1-2H3,(H2,29,32)/t22-/m1/s1. The molecule has 0 unspecified atom stereocenters. The largest absolute Gasteiger partial charge is 0.451 e. The second-order valence-corrected chi connectivity index (χ2v) is 11.2. The Morgan fingerprint density at radius 1 is 1.08 bits per heavy atom. The predicted molar refractivity (Wildman–Crippen MR) is 135 cm³/mol. The number of hydrogen-bond acceptors (Lipinski definition) is 5. The average Bonchev–Trinajstić information content (AvgIpc) is 2.86. The van der Waals surface area contributed by atoms with Gasteiger partial charge in [0.15, 0.2) is 17.4 Å². The summed E-state index contributed by atoms with van der Waals surface area (Å²) in [5, 5.41) is 0.395. The van der Waals surface area contributed by atoms with E-state index in [2.05, 4.69) is 0 Å². The highest BCUT2D eigenvalue weighted by molar-refractivity contribution is 7.89. The Labute approximate surface area is 220 Å². The van der Waals surface area contributed by atoms with E-state index in [1.807, 2.05) is 13.8 Å². The van der Waals surface area contributed by atoms with Crippen LogP contribution in [0.4, 0.5) is 8.78 Å². The fourth-order valence-electron chi connectivity index (χ4n) is 4.37. The number of piperazine rings is 1. The molecule has 8 nitrogen and oxygen atoms in total. The van der Waals surface area contributed by atoms with Crippen LogP contribution in [0.5, 0.6) is 11.5 Å². The predicted octanol–water partition coefficient (Wildman–Crippen LogP) is 4.31. The summed E-state index contributed by atoms with van der Waals surface area (Å²) in [4.78, 5) is 26.0. The minimum Gasteiger partial charge on any atom is -0.451 e. The van der Waals surface area contributed by atoms with Crippen LogP contribution >= 0.6 is 11.6 Å². The van der Waals surface area contributed by atoms with Crippen LogP contribution in [-0.4, -0.2) is 55.1 Å². The number of nitrogens with two attached hydrogens (primary N) is 1. The summed E-state index contributed by atoms with van der Waals surface area (Å²) < 4.78 is 62.4. The number of halogens is 3. The van der Waals surface area contributed by atoms with Gasteiger partial charge in [0, 0.05) is 30.6 Å². The van der Waals surface area contributed by atoms with Gasteiger partial charge in [0.05, 0.1) is 4.90 Å². The summed E-state index contributed by atoms with van der Waals surface area (Å²) in [5.74, 6) is -4.55. The van der Waals surface area contributed by atoms with Gasteiger partial charge < -0.3 is 15.4 Å². The van der Waals surface area contributed by atoms with E-state index < -0.39 is 44.3 Å². The van der Waals surface area contributed by atoms with Crippen LogP contribution in [0.2, 0.25) is 5.02 Å². The van der Waals surface area contributed by atoms with Crippen molar-refractivity contribution in [3.8, 4) is 11.5 Å². The molecule has 2 amide bonds. The quantitative estimate of drug-likeness (QED) is 0.468. The van der Waals surface area contributed by atoms with E-state index in [1.165, 1.54) is 29.2 Å². The lowest BCUT2D eigenvalue weighted by atomic mass is 9.96. The Balaban J connectivity index is 1.85. The molecule has 2 aromatic rings. The molecule has 2 N–H and O–H groups in total. The number of sulfonamides is 1. The lowest BCUT2D eigenvalue weighted by Gasteiger charge is -2.40. The van der Waals surface area contributed by atoms with Gasteiger partial charge in [0.1, 0.15) is 11.8 Å². The second-order valence-electron chi connectivity index (χ2n) is 8.86. The number of ether oxygens (including phenoxy) is 1. The molecular weight excluding hydrogens is 528 g/mol. The van der Waals surface area contributed by atoms with Crippen molar-refractivity contribution in [1.82, 2.24) is 9.21 Å². The van der Waals surface area contributed by atoms with Crippen molar-refractivity contribution < 1.29 is 31.5 Å². The van der Waals surface area contributed by atoms with Gasteiger partial charge in [-0.3, -0.25) is 9.59 Å². The third-order valence-electron chi connectivity index (χ3n) is 6.21. The maximum absolute atomic E-state index is 14.8. The molecule has 2 aromatic carbocycles. The fraction of sp³-hybridized carbons (Fsp3) is 0.440. The van der Waals surface area contributed by atoms with E-state index >= 15 is 0 Å². The van der Waals surface area contributed by atoms with Crippen LogP contribution in [0.25, 0.3) is 0 Å². The first kappa shape index (κ1) is 28.8. The van der Waals surface area contributed by atoms with Gasteiger partial charge in [-0.05, 0) is 49.2 Å². The number of rotatable bonds is 10. The minimum atomic E-state index is -4.54. The molecule has 12 heteroatoms. The third-order valence-corrected chi connectivity index (χ3v) is 8.34. The molecule has 3 rings (SSSR count). The third kappa shape index (κ3) is 6.58. The molecule has 0 bridgehead atoms. The van der Waals surface area contributed by atoms with Crippen molar-refractivity contribution in [2.45, 2.75) is 50.5 Å². The first-order valence-corrected chi connectivity index (χ1v) is 13.8. The van der Waals surface area contributed by atoms with Gasteiger partial charge in [-0.15, -0.1) is 0 Å². The van der Waals surface area contributed by atoms with E-state index in [9.17, 15) is 26.8 Å². The molecule has 1 aliphatic heterocycles. The van der Waals surface area contributed by atoms with Crippen molar-refractivity contribution in [1.29, 1.82) is 0 Å². The Bertz CT molecular complexity index is 1210. The Kier molecular flexibility index (Phi) is 9.49. The summed E-state index contributed by atoms with van der Waals surface area (Å²) >= 11 is 5.80. The van der Waals surface area contributed by atoms with E-state index in [1.54, 1.807) is 0 Å². The molecule has 1 atom stereocenters. The first-order valence-electron chi connectivity index (χ1n) is 12.0. The highest BCUT2D eigenvalue weighted by Crippen LogP contribution is 2.32. The fourth-order valence-corrected chi connectivity index (χ4v) is 6.10. The molecule has 1 heterocycles. The number of carbonyl (C=O) groups is 2. The summed E-state index contributed by atoms with van der Waals surface area (Å²) in [6, 6.07) is 5.59. The molecule has 0 aliphatic carbocycles. The zero-order valence-corrected chi connectivity index (χ0v) is 22.2. The van der Waals surface area contributed by atoms with Gasteiger partial charge in [0.2, 0.25) is 21.8 Å². The SMILES string of the molecule is CCCC(CCC)C(=O)N1CCN(S(=O)(=O)c2cc(F)c(Oc3ccc(Cl)cc3)c(F)c2)[C@@H](C(N)=O)C1. The molecule has 202 valence electrons. The highest BCUT2D eigenvalue weighted by Gasteiger charge is 2.42. The molecule has 37 heavy (non-hydrogen) atoms. The minimum absolute atomic E-state index is 0.0223. The van der Waals surface area contributed by atoms with Crippen LogP contribution in [0.1, 0.15) is 39.5 Å². The number of carbonyl (C=O) groups excluding carboxylic acids is 2. The zero-order valence-electron chi connectivity index (χ0n) is 20.6. The number of amides is 2. The molecule has 1 fully saturated rings. The van der Waals surface area contributed by atoms with E-state index in [0.717, 1.165) is 17.1 Å². The van der Waals surface area contributed by atoms with Crippen molar-refractivity contribution in [2.24, 2.45) is 11.7 Å². The van der Waals surface area contributed by atoms with E-state index in [0.29, 0.717) is 30.0 Å². The van der Waals surface area contributed by atoms with E-state index in [-0.39, 0.29) is 37.2 Å². The van der Waals surface area contributed by atoms with Crippen molar-refractivity contribution in [2.75, 3.05) is 19.6 Å². The van der Waals surface area contributed by atoms with Gasteiger partial charge in [-0.25, -0.2) is 17.2 Å². The van der Waals surface area contributed by atoms with Crippen molar-refractivity contribution >= 4 is 33.4 Å². The molecular formula is C25H30ClF2N3O5S. The van der Waals surface area contributed by atoms with Crippen LogP contribution in [0, 0.1) is 17.6 Å². The number of nitrogens with zero attached hydrogens (tertiary/aromatic N) is 2. The second kappa shape index (κ2) is 12.2. The summed E-state index contributed by atoms with van der Waals surface area (Å²) in [6.45, 7) is 3.47. The van der Waals surface area contributed by atoms with E-state index in [4.69, 9.17) is 22.1 Å². The number of primary amides is 1. The highest BCUT2D eigenvalue weighted by atomic mass is 35.5. The molecule has 1 aliphatic rings. The summed E-state index contributed by atoms with van der Waals surface area (Å²) in [6.07, 6.45) is 2.96. The topological polar surface area (TPSA) is 110 Å². The molecule has 0 saturated carbocycles. The zero-order chi connectivity index (χ0) is 27.3. The van der Waals surface area contributed by atoms with Crippen LogP contribution in [0.15, 0.2) is 41.3 Å². The van der Waals surface area contributed by atoms with Gasteiger partial charge in [0.25, 0.3) is 0 Å². The molecule has 0 spiro atoms. The monoisotopic (exact) mass is 557 g/mol. The summed E-state index contributed by atoms with van der Waals surface area (Å²) in [7, 11) is -4.54. The Hall–Kier alpha value is -2.76. The van der Waals surface area contributed by atoms with Crippen LogP contribution in [0.3, 0.4) is 0 Å². The van der Waals surface area contributed by atoms with Gasteiger partial charge >= 0.3 is 0 Å². The summed E-state index contributed by atoms with van der Waals surface area (Å²) in [5.41, 5.74) is 5.51. The lowest BCUT2D eigenvalue weighted by Crippen LogP contribution is -2.61. The maximum atomic E-state index is 14.8. The first-order chi connectivity index (χ1) is 17.5. The van der Waals surface area contributed by atoms with Crippen LogP contribution in [-0.2, 0) is 19.6 Å². The normalized spacial score (nSPS) is 16.7. The molecule has 0 aromatic heterocycles. The Morgan fingerprint density at radius 2 is 1.65 bits per heavy atom. The molecule has 0 radical (unpaired) electrons. The van der Waals surface area contributed by atoms with Gasteiger partial charge in [-0.2, -0.15) is 4.31 Å². The van der Waals surface area contributed by atoms with Crippen LogP contribution < -0.4 is 10.5 Å². The number of hydrogen-bond donors (Lipinski definition) is 1. The number of benzene rings is 2. The van der Waals surface area contributed by atoms with Gasteiger partial charge in [-0.1, -0.05) is 38.3 Å². The molecule has 1 saturated heterocycles.